The first-order chi connectivity index (χ1) is 12.9. The van der Waals surface area contributed by atoms with Crippen molar-refractivity contribution in [3.8, 4) is 23.8 Å². The van der Waals surface area contributed by atoms with Gasteiger partial charge in [-0.25, -0.2) is 0 Å². The number of aliphatic hydroxyl groups is 1. The maximum absolute atomic E-state index is 12.6. The zero-order chi connectivity index (χ0) is 19.9. The van der Waals surface area contributed by atoms with E-state index in [0.717, 1.165) is 5.56 Å². The predicted molar refractivity (Wildman–Crippen MR) is 105 cm³/mol. The molecule has 0 aliphatic carbocycles. The molecule has 0 radical (unpaired) electrons. The molecule has 0 aromatic heterocycles. The Labute approximate surface area is 164 Å². The summed E-state index contributed by atoms with van der Waals surface area (Å²) in [5.74, 6) is 3.06. The predicted octanol–water partition coefficient (Wildman–Crippen LogP) is 2.93. The first-order valence-electron chi connectivity index (χ1n) is 8.35. The fourth-order valence-corrected chi connectivity index (χ4v) is 2.82. The minimum Gasteiger partial charge on any atom is -0.493 e. The van der Waals surface area contributed by atoms with Crippen LogP contribution in [0.4, 0.5) is 0 Å². The van der Waals surface area contributed by atoms with E-state index >= 15 is 0 Å². The molecule has 0 aliphatic heterocycles. The van der Waals surface area contributed by atoms with Crippen molar-refractivity contribution in [1.82, 2.24) is 5.32 Å². The Balaban J connectivity index is 2.06. The molecular formula is C21H22ClNO4. The smallest absolute Gasteiger partial charge is 0.257 e. The lowest BCUT2D eigenvalue weighted by Crippen LogP contribution is -2.45. The van der Waals surface area contributed by atoms with Gasteiger partial charge >= 0.3 is 0 Å². The van der Waals surface area contributed by atoms with Crippen molar-refractivity contribution in [2.75, 3.05) is 20.8 Å². The minimum absolute atomic E-state index is 0.142. The lowest BCUT2D eigenvalue weighted by atomic mass is 9.89. The van der Waals surface area contributed by atoms with E-state index in [1.165, 1.54) is 0 Å². The van der Waals surface area contributed by atoms with Gasteiger partial charge in [0.15, 0.2) is 17.1 Å². The Morgan fingerprint density at radius 1 is 1.19 bits per heavy atom. The van der Waals surface area contributed by atoms with Gasteiger partial charge in [-0.3, -0.25) is 4.79 Å². The first-order valence-corrected chi connectivity index (χ1v) is 8.73. The highest BCUT2D eigenvalue weighted by atomic mass is 35.5. The maximum atomic E-state index is 12.6. The summed E-state index contributed by atoms with van der Waals surface area (Å²) >= 11 is 5.87. The number of carbonyl (C=O) groups is 1. The number of rotatable bonds is 8. The molecule has 1 atom stereocenters. The zero-order valence-electron chi connectivity index (χ0n) is 15.3. The number of ether oxygens (including phenoxy) is 2. The maximum Gasteiger partial charge on any atom is 0.257 e. The molecule has 2 rings (SSSR count). The summed E-state index contributed by atoms with van der Waals surface area (Å²) in [4.78, 5) is 12.6. The molecular weight excluding hydrogens is 366 g/mol. The van der Waals surface area contributed by atoms with Gasteiger partial charge in [0.05, 0.1) is 20.6 Å². The number of methoxy groups -OCH3 is 2. The van der Waals surface area contributed by atoms with Crippen LogP contribution >= 0.6 is 11.6 Å². The number of amides is 1. The summed E-state index contributed by atoms with van der Waals surface area (Å²) in [6.07, 6.45) is 5.77. The molecule has 5 nitrogen and oxygen atoms in total. The largest absolute Gasteiger partial charge is 0.493 e. The summed E-state index contributed by atoms with van der Waals surface area (Å²) in [5.41, 5.74) is -0.454. The van der Waals surface area contributed by atoms with Crippen LogP contribution < -0.4 is 14.8 Å². The van der Waals surface area contributed by atoms with E-state index in [-0.39, 0.29) is 6.42 Å². The van der Waals surface area contributed by atoms with Crippen LogP contribution in [-0.4, -0.2) is 31.8 Å². The quantitative estimate of drug-likeness (QED) is 0.683. The van der Waals surface area contributed by atoms with Crippen LogP contribution in [0.3, 0.4) is 0 Å². The number of hydrogen-bond acceptors (Lipinski definition) is 4. The zero-order valence-corrected chi connectivity index (χ0v) is 16.0. The standard InChI is InChI=1S/C21H22ClNO4/c1-4-12-21(25,16-6-8-17(22)9-7-16)20(24)23-13-11-15-5-10-18(26-2)19(14-15)27-3/h1,5-10,14,25H,11-13H2,2-3H3,(H,23,24). The molecule has 0 bridgehead atoms. The molecule has 0 heterocycles. The molecule has 0 fully saturated rings. The van der Waals surface area contributed by atoms with E-state index in [9.17, 15) is 9.90 Å². The normalized spacial score (nSPS) is 12.6. The highest BCUT2D eigenvalue weighted by Crippen LogP contribution is 2.28. The number of benzene rings is 2. The van der Waals surface area contributed by atoms with E-state index in [2.05, 4.69) is 11.2 Å². The van der Waals surface area contributed by atoms with Gasteiger partial charge in [0.1, 0.15) is 0 Å². The van der Waals surface area contributed by atoms with Gasteiger partial charge in [-0.05, 0) is 41.8 Å². The van der Waals surface area contributed by atoms with E-state index < -0.39 is 11.5 Å². The van der Waals surface area contributed by atoms with Crippen LogP contribution in [0.15, 0.2) is 42.5 Å². The second kappa shape index (κ2) is 9.31. The van der Waals surface area contributed by atoms with Crippen molar-refractivity contribution < 1.29 is 19.4 Å². The fourth-order valence-electron chi connectivity index (χ4n) is 2.69. The lowest BCUT2D eigenvalue weighted by molar-refractivity contribution is -0.140. The topological polar surface area (TPSA) is 67.8 Å². The highest BCUT2D eigenvalue weighted by Gasteiger charge is 2.36. The molecule has 2 N–H and O–H groups in total. The van der Waals surface area contributed by atoms with E-state index in [1.54, 1.807) is 44.6 Å². The molecule has 0 saturated carbocycles. The summed E-state index contributed by atoms with van der Waals surface area (Å²) in [6, 6.07) is 11.9. The number of halogens is 1. The number of terminal acetylenes is 1. The first kappa shape index (κ1) is 20.6. The molecule has 142 valence electrons. The third kappa shape index (κ3) is 4.94. The summed E-state index contributed by atoms with van der Waals surface area (Å²) in [5, 5.41) is 14.1. The highest BCUT2D eigenvalue weighted by molar-refractivity contribution is 6.30. The third-order valence-corrected chi connectivity index (χ3v) is 4.45. The van der Waals surface area contributed by atoms with Crippen LogP contribution in [0.25, 0.3) is 0 Å². The lowest BCUT2D eigenvalue weighted by Gasteiger charge is -2.25. The SMILES string of the molecule is C#CCC(O)(C(=O)NCCc1ccc(OC)c(OC)c1)c1ccc(Cl)cc1. The second-order valence-electron chi connectivity index (χ2n) is 5.94. The molecule has 27 heavy (non-hydrogen) atoms. The Morgan fingerprint density at radius 3 is 2.44 bits per heavy atom. The average Bonchev–Trinajstić information content (AvgIpc) is 2.68. The van der Waals surface area contributed by atoms with Crippen molar-refractivity contribution in [2.45, 2.75) is 18.4 Å². The molecule has 1 unspecified atom stereocenters. The van der Waals surface area contributed by atoms with Crippen molar-refractivity contribution in [1.29, 1.82) is 0 Å². The fraction of sp³-hybridized carbons (Fsp3) is 0.286. The van der Waals surface area contributed by atoms with Crippen molar-refractivity contribution >= 4 is 17.5 Å². The van der Waals surface area contributed by atoms with Gasteiger partial charge in [0.2, 0.25) is 0 Å². The monoisotopic (exact) mass is 387 g/mol. The van der Waals surface area contributed by atoms with Crippen LogP contribution in [0.5, 0.6) is 11.5 Å². The molecule has 1 amide bonds. The Bertz CT molecular complexity index is 829. The van der Waals surface area contributed by atoms with Gasteiger partial charge in [-0.15, -0.1) is 12.3 Å². The van der Waals surface area contributed by atoms with E-state index in [0.29, 0.717) is 35.1 Å². The second-order valence-corrected chi connectivity index (χ2v) is 6.38. The third-order valence-electron chi connectivity index (χ3n) is 4.20. The van der Waals surface area contributed by atoms with Crippen LogP contribution in [0, 0.1) is 12.3 Å². The van der Waals surface area contributed by atoms with Gasteiger partial charge in [0.25, 0.3) is 5.91 Å². The Hall–Kier alpha value is -2.68. The minimum atomic E-state index is -1.81. The summed E-state index contributed by atoms with van der Waals surface area (Å²) in [7, 11) is 3.14. The Kier molecular flexibility index (Phi) is 7.12. The van der Waals surface area contributed by atoms with Crippen molar-refractivity contribution in [2.24, 2.45) is 0 Å². The van der Waals surface area contributed by atoms with Crippen LogP contribution in [0.2, 0.25) is 5.02 Å². The molecule has 0 spiro atoms. The van der Waals surface area contributed by atoms with Gasteiger partial charge in [-0.1, -0.05) is 29.8 Å². The van der Waals surface area contributed by atoms with Gasteiger partial charge < -0.3 is 19.9 Å². The summed E-state index contributed by atoms with van der Waals surface area (Å²) < 4.78 is 10.5. The van der Waals surface area contributed by atoms with Gasteiger partial charge in [0, 0.05) is 11.6 Å². The van der Waals surface area contributed by atoms with Crippen molar-refractivity contribution in [3.63, 3.8) is 0 Å². The van der Waals surface area contributed by atoms with Crippen LogP contribution in [-0.2, 0) is 16.8 Å². The van der Waals surface area contributed by atoms with E-state index in [4.69, 9.17) is 27.5 Å². The molecule has 2 aromatic rings. The van der Waals surface area contributed by atoms with Crippen molar-refractivity contribution in [3.05, 3.63) is 58.6 Å². The molecule has 0 saturated heterocycles. The van der Waals surface area contributed by atoms with Gasteiger partial charge in [-0.2, -0.15) is 0 Å². The average molecular weight is 388 g/mol. The van der Waals surface area contributed by atoms with Crippen LogP contribution in [0.1, 0.15) is 17.5 Å². The number of carbonyl (C=O) groups excluding carboxylic acids is 1. The summed E-state index contributed by atoms with van der Waals surface area (Å²) in [6.45, 7) is 0.328. The molecule has 0 aliphatic rings. The molecule has 6 heteroatoms. The Morgan fingerprint density at radius 2 is 1.85 bits per heavy atom. The number of nitrogens with one attached hydrogen (secondary N) is 1. The molecule has 2 aromatic carbocycles. The van der Waals surface area contributed by atoms with E-state index in [1.807, 2.05) is 12.1 Å². The number of hydrogen-bond donors (Lipinski definition) is 2.